The number of amides is 1. The Balaban J connectivity index is 2.13. The maximum atomic E-state index is 12.3. The number of thioether (sulfide) groups is 1. The lowest BCUT2D eigenvalue weighted by Gasteiger charge is -2.14. The highest BCUT2D eigenvalue weighted by Crippen LogP contribution is 2.34. The molecule has 1 aromatic rings. The zero-order chi connectivity index (χ0) is 17.0. The van der Waals surface area contributed by atoms with Gasteiger partial charge in [-0.15, -0.1) is 0 Å². The van der Waals surface area contributed by atoms with Gasteiger partial charge in [-0.1, -0.05) is 30.0 Å². The summed E-state index contributed by atoms with van der Waals surface area (Å²) in [5, 5.41) is 20.0. The first-order valence-electron chi connectivity index (χ1n) is 6.74. The Morgan fingerprint density at radius 1 is 1.52 bits per heavy atom. The first kappa shape index (κ1) is 17.3. The molecule has 0 bridgehead atoms. The molecule has 122 valence electrons. The molecule has 0 unspecified atom stereocenters. The summed E-state index contributed by atoms with van der Waals surface area (Å²) in [6.07, 6.45) is 1.82. The van der Waals surface area contributed by atoms with Crippen molar-refractivity contribution in [3.8, 4) is 11.5 Å². The fourth-order valence-corrected chi connectivity index (χ4v) is 3.32. The molecule has 1 N–H and O–H groups in total. The Morgan fingerprint density at radius 3 is 2.91 bits per heavy atom. The van der Waals surface area contributed by atoms with Crippen LogP contribution in [-0.4, -0.2) is 39.9 Å². The lowest BCUT2D eigenvalue weighted by atomic mass is 10.2. The summed E-state index contributed by atoms with van der Waals surface area (Å²) >= 11 is 6.31. The van der Waals surface area contributed by atoms with Crippen LogP contribution in [0.2, 0.25) is 0 Å². The number of rotatable bonds is 6. The molecular weight excluding hydrogens is 338 g/mol. The highest BCUT2D eigenvalue weighted by Gasteiger charge is 2.31. The molecule has 0 aliphatic carbocycles. The smallest absolute Gasteiger partial charge is 0.266 e. The van der Waals surface area contributed by atoms with Crippen LogP contribution < -0.4 is 9.84 Å². The lowest BCUT2D eigenvalue weighted by molar-refractivity contribution is -0.305. The maximum absolute atomic E-state index is 12.3. The van der Waals surface area contributed by atoms with Crippen LogP contribution in [0.1, 0.15) is 18.4 Å². The van der Waals surface area contributed by atoms with E-state index < -0.39 is 5.97 Å². The average molecular weight is 352 g/mol. The van der Waals surface area contributed by atoms with Gasteiger partial charge in [0, 0.05) is 12.5 Å². The third-order valence-corrected chi connectivity index (χ3v) is 4.52. The van der Waals surface area contributed by atoms with Gasteiger partial charge in [0.15, 0.2) is 11.5 Å². The van der Waals surface area contributed by atoms with Gasteiger partial charge in [-0.3, -0.25) is 9.69 Å². The number of phenols is 1. The third-order valence-electron chi connectivity index (χ3n) is 3.14. The highest BCUT2D eigenvalue weighted by molar-refractivity contribution is 8.26. The van der Waals surface area contributed by atoms with E-state index in [-0.39, 0.29) is 31.0 Å². The predicted molar refractivity (Wildman–Crippen MR) is 88.8 cm³/mol. The Morgan fingerprint density at radius 2 is 2.26 bits per heavy atom. The molecule has 1 saturated heterocycles. The van der Waals surface area contributed by atoms with Gasteiger partial charge in [0.05, 0.1) is 12.0 Å². The number of benzene rings is 1. The average Bonchev–Trinajstić information content (AvgIpc) is 2.76. The van der Waals surface area contributed by atoms with Gasteiger partial charge >= 0.3 is 0 Å². The lowest BCUT2D eigenvalue weighted by Crippen LogP contribution is -2.30. The molecule has 0 saturated carbocycles. The predicted octanol–water partition coefficient (Wildman–Crippen LogP) is 1.13. The van der Waals surface area contributed by atoms with Gasteiger partial charge in [0.25, 0.3) is 5.91 Å². The number of phenolic OH excluding ortho intramolecular Hbond substituents is 1. The third kappa shape index (κ3) is 4.23. The number of thiocarbonyl (C=S) groups is 1. The molecule has 0 spiro atoms. The van der Waals surface area contributed by atoms with Crippen LogP contribution in [0, 0.1) is 0 Å². The molecule has 1 aromatic carbocycles. The number of ether oxygens (including phenoxy) is 1. The minimum atomic E-state index is -1.15. The molecule has 0 atom stereocenters. The van der Waals surface area contributed by atoms with Crippen molar-refractivity contribution in [3.05, 3.63) is 28.7 Å². The fraction of sp³-hybridized carbons (Fsp3) is 0.267. The molecule has 0 aromatic heterocycles. The number of carbonyl (C=O) groups is 2. The second-order valence-corrected chi connectivity index (χ2v) is 6.42. The minimum Gasteiger partial charge on any atom is -0.550 e. The molecular formula is C15H14NO5S2-. The van der Waals surface area contributed by atoms with E-state index in [9.17, 15) is 19.8 Å². The van der Waals surface area contributed by atoms with Crippen molar-refractivity contribution in [2.45, 2.75) is 12.8 Å². The summed E-state index contributed by atoms with van der Waals surface area (Å²) in [6.45, 7) is 0.245. The molecule has 1 aliphatic heterocycles. The summed E-state index contributed by atoms with van der Waals surface area (Å²) in [5.41, 5.74) is 0.690. The van der Waals surface area contributed by atoms with Crippen molar-refractivity contribution in [2.75, 3.05) is 13.7 Å². The molecule has 1 amide bonds. The number of carboxylic acids is 1. The van der Waals surface area contributed by atoms with Crippen LogP contribution in [0.15, 0.2) is 23.1 Å². The number of methoxy groups -OCH3 is 1. The van der Waals surface area contributed by atoms with Crippen LogP contribution >= 0.6 is 24.0 Å². The Hall–Kier alpha value is -2.06. The zero-order valence-electron chi connectivity index (χ0n) is 12.3. The van der Waals surface area contributed by atoms with Gasteiger partial charge in [0.2, 0.25) is 0 Å². The quantitative estimate of drug-likeness (QED) is 0.606. The van der Waals surface area contributed by atoms with Crippen molar-refractivity contribution >= 4 is 46.3 Å². The van der Waals surface area contributed by atoms with Crippen molar-refractivity contribution < 1.29 is 24.5 Å². The molecule has 1 aliphatic rings. The molecule has 0 radical (unpaired) electrons. The van der Waals surface area contributed by atoms with E-state index in [1.54, 1.807) is 18.2 Å². The number of nitrogens with zero attached hydrogens (tertiary/aromatic N) is 1. The van der Waals surface area contributed by atoms with Gasteiger partial charge in [-0.25, -0.2) is 0 Å². The number of hydrogen-bond donors (Lipinski definition) is 1. The normalized spacial score (nSPS) is 16.2. The van der Waals surface area contributed by atoms with Crippen molar-refractivity contribution in [1.82, 2.24) is 4.90 Å². The molecule has 1 fully saturated rings. The fourth-order valence-electron chi connectivity index (χ4n) is 2.01. The largest absolute Gasteiger partial charge is 0.550 e. The van der Waals surface area contributed by atoms with Gasteiger partial charge < -0.3 is 19.7 Å². The molecule has 23 heavy (non-hydrogen) atoms. The summed E-state index contributed by atoms with van der Waals surface area (Å²) in [5.74, 6) is -1.09. The number of carboxylic acid groups (broad SMARTS) is 1. The Bertz CT molecular complexity index is 686. The Labute approximate surface area is 142 Å². The van der Waals surface area contributed by atoms with E-state index in [0.29, 0.717) is 20.5 Å². The van der Waals surface area contributed by atoms with Crippen LogP contribution in [0.25, 0.3) is 6.08 Å². The van der Waals surface area contributed by atoms with Crippen LogP contribution in [0.5, 0.6) is 11.5 Å². The standard InChI is InChI=1S/C15H15NO5S2/c1-21-11-7-9(4-5-10(11)17)8-12-14(20)16(15(22)23-12)6-2-3-13(18)19/h4-5,7-8,17H,2-3,6H2,1H3,(H,18,19)/p-1. The molecule has 6 nitrogen and oxygen atoms in total. The second kappa shape index (κ2) is 7.47. The molecule has 1 heterocycles. The SMILES string of the molecule is COc1cc(C=C2SC(=S)N(CCCC(=O)[O-])C2=O)ccc1O. The second-order valence-electron chi connectivity index (χ2n) is 4.74. The van der Waals surface area contributed by atoms with E-state index >= 15 is 0 Å². The summed E-state index contributed by atoms with van der Waals surface area (Å²) in [6, 6.07) is 4.74. The molecule has 8 heteroatoms. The van der Waals surface area contributed by atoms with E-state index in [1.165, 1.54) is 18.1 Å². The number of aromatic hydroxyl groups is 1. The van der Waals surface area contributed by atoms with Crippen LogP contribution in [0.3, 0.4) is 0 Å². The topological polar surface area (TPSA) is 89.9 Å². The van der Waals surface area contributed by atoms with E-state index in [2.05, 4.69) is 0 Å². The van der Waals surface area contributed by atoms with Crippen LogP contribution in [-0.2, 0) is 9.59 Å². The first-order chi connectivity index (χ1) is 10.9. The highest BCUT2D eigenvalue weighted by atomic mass is 32.2. The Kier molecular flexibility index (Phi) is 5.62. The van der Waals surface area contributed by atoms with E-state index in [1.807, 2.05) is 0 Å². The van der Waals surface area contributed by atoms with Gasteiger partial charge in [-0.05, 0) is 36.6 Å². The van der Waals surface area contributed by atoms with Crippen molar-refractivity contribution in [1.29, 1.82) is 0 Å². The summed E-state index contributed by atoms with van der Waals surface area (Å²) in [7, 11) is 1.44. The van der Waals surface area contributed by atoms with Crippen molar-refractivity contribution in [3.63, 3.8) is 0 Å². The summed E-state index contributed by atoms with van der Waals surface area (Å²) < 4.78 is 5.42. The van der Waals surface area contributed by atoms with E-state index in [0.717, 1.165) is 11.8 Å². The first-order valence-corrected chi connectivity index (χ1v) is 7.97. The monoisotopic (exact) mass is 352 g/mol. The van der Waals surface area contributed by atoms with Crippen LogP contribution in [0.4, 0.5) is 0 Å². The summed E-state index contributed by atoms with van der Waals surface area (Å²) in [4.78, 5) is 24.6. The van der Waals surface area contributed by atoms with Gasteiger partial charge in [0.1, 0.15) is 4.32 Å². The molecule has 2 rings (SSSR count). The maximum Gasteiger partial charge on any atom is 0.266 e. The minimum absolute atomic E-state index is 0.0134. The van der Waals surface area contributed by atoms with Crippen molar-refractivity contribution in [2.24, 2.45) is 0 Å². The number of hydrogen-bond acceptors (Lipinski definition) is 7. The number of aliphatic carboxylic acids is 1. The van der Waals surface area contributed by atoms with E-state index in [4.69, 9.17) is 17.0 Å². The zero-order valence-corrected chi connectivity index (χ0v) is 13.9. The number of carbonyl (C=O) groups excluding carboxylic acids is 2. The van der Waals surface area contributed by atoms with Gasteiger partial charge in [-0.2, -0.15) is 0 Å².